The maximum Gasteiger partial charge on any atom is 0.315 e. The minimum absolute atomic E-state index is 0.0153. The molecule has 7 heteroatoms. The first-order valence-electron chi connectivity index (χ1n) is 7.41. The van der Waals surface area contributed by atoms with Crippen molar-refractivity contribution in [3.05, 3.63) is 18.2 Å². The summed E-state index contributed by atoms with van der Waals surface area (Å²) in [5.74, 6) is 1.33. The second kappa shape index (κ2) is 6.13. The van der Waals surface area contributed by atoms with Gasteiger partial charge in [0.15, 0.2) is 11.5 Å². The van der Waals surface area contributed by atoms with E-state index in [9.17, 15) is 9.59 Å². The summed E-state index contributed by atoms with van der Waals surface area (Å²) in [6.45, 7) is 3.90. The van der Waals surface area contributed by atoms with Gasteiger partial charge in [0.2, 0.25) is 5.91 Å². The van der Waals surface area contributed by atoms with Crippen molar-refractivity contribution < 1.29 is 19.1 Å². The molecular formula is C15H19N3O4. The number of hydrogen-bond acceptors (Lipinski definition) is 4. The topological polar surface area (TPSA) is 79.9 Å². The average Bonchev–Trinajstić information content (AvgIpc) is 2.87. The monoisotopic (exact) mass is 305 g/mol. The van der Waals surface area contributed by atoms with Crippen LogP contribution in [0.5, 0.6) is 11.5 Å². The molecule has 22 heavy (non-hydrogen) atoms. The molecule has 2 aliphatic rings. The summed E-state index contributed by atoms with van der Waals surface area (Å²) in [6.07, 6.45) is 0.297. The van der Waals surface area contributed by atoms with Gasteiger partial charge in [-0.2, -0.15) is 0 Å². The summed E-state index contributed by atoms with van der Waals surface area (Å²) >= 11 is 0. The van der Waals surface area contributed by atoms with E-state index in [-0.39, 0.29) is 18.0 Å². The number of benzene rings is 1. The second-order valence-corrected chi connectivity index (χ2v) is 5.24. The molecule has 1 aromatic rings. The number of carbonyl (C=O) groups is 2. The predicted molar refractivity (Wildman–Crippen MR) is 80.4 cm³/mol. The van der Waals surface area contributed by atoms with E-state index in [4.69, 9.17) is 9.47 Å². The van der Waals surface area contributed by atoms with Crippen molar-refractivity contribution in [1.29, 1.82) is 0 Å². The van der Waals surface area contributed by atoms with Crippen LogP contribution in [0.3, 0.4) is 0 Å². The Hall–Kier alpha value is -2.44. The Morgan fingerprint density at radius 3 is 2.86 bits per heavy atom. The molecule has 0 saturated carbocycles. The Morgan fingerprint density at radius 2 is 2.09 bits per heavy atom. The van der Waals surface area contributed by atoms with Gasteiger partial charge in [-0.1, -0.05) is 0 Å². The van der Waals surface area contributed by atoms with Gasteiger partial charge >= 0.3 is 6.03 Å². The van der Waals surface area contributed by atoms with Crippen LogP contribution in [-0.2, 0) is 4.79 Å². The number of carbonyl (C=O) groups excluding carboxylic acids is 2. The van der Waals surface area contributed by atoms with Crippen molar-refractivity contribution in [1.82, 2.24) is 10.6 Å². The number of nitrogens with zero attached hydrogens (tertiary/aromatic N) is 1. The van der Waals surface area contributed by atoms with E-state index in [1.807, 2.05) is 19.1 Å². The summed E-state index contributed by atoms with van der Waals surface area (Å²) in [5.41, 5.74) is 0.759. The standard InChI is InChI=1S/C15H19N3O4/c1-2-16-15(20)17-10-7-14(19)18(9-10)11-3-4-12-13(8-11)22-6-5-21-12/h3-4,8,10H,2,5-7,9H2,1H3,(H2,16,17,20)/t10-/m0/s1. The zero-order valence-electron chi connectivity index (χ0n) is 12.4. The average molecular weight is 305 g/mol. The zero-order valence-corrected chi connectivity index (χ0v) is 12.4. The Balaban J connectivity index is 1.70. The summed E-state index contributed by atoms with van der Waals surface area (Å²) in [7, 11) is 0. The number of nitrogens with one attached hydrogen (secondary N) is 2. The van der Waals surface area contributed by atoms with Crippen LogP contribution in [0.4, 0.5) is 10.5 Å². The molecule has 118 valence electrons. The predicted octanol–water partition coefficient (Wildman–Crippen LogP) is 0.882. The number of urea groups is 1. The molecule has 0 radical (unpaired) electrons. The summed E-state index contributed by atoms with van der Waals surface area (Å²) in [6, 6.07) is 5.01. The van der Waals surface area contributed by atoms with Gasteiger partial charge in [-0.25, -0.2) is 4.79 Å². The third kappa shape index (κ3) is 2.93. The van der Waals surface area contributed by atoms with Gasteiger partial charge in [0, 0.05) is 31.3 Å². The van der Waals surface area contributed by atoms with Gasteiger partial charge in [-0.15, -0.1) is 0 Å². The van der Waals surface area contributed by atoms with Gasteiger partial charge in [0.1, 0.15) is 13.2 Å². The van der Waals surface area contributed by atoms with Gasteiger partial charge in [-0.05, 0) is 19.1 Å². The van der Waals surface area contributed by atoms with E-state index in [0.29, 0.717) is 44.2 Å². The zero-order chi connectivity index (χ0) is 15.5. The highest BCUT2D eigenvalue weighted by atomic mass is 16.6. The number of amides is 3. The Kier molecular flexibility index (Phi) is 4.04. The number of anilines is 1. The van der Waals surface area contributed by atoms with E-state index in [1.54, 1.807) is 11.0 Å². The van der Waals surface area contributed by atoms with Gasteiger partial charge in [0.25, 0.3) is 0 Å². The summed E-state index contributed by atoms with van der Waals surface area (Å²) in [5, 5.41) is 5.47. The van der Waals surface area contributed by atoms with Crippen LogP contribution in [0.1, 0.15) is 13.3 Å². The third-order valence-electron chi connectivity index (χ3n) is 3.64. The lowest BCUT2D eigenvalue weighted by Crippen LogP contribution is -2.43. The highest BCUT2D eigenvalue weighted by Gasteiger charge is 2.32. The number of rotatable bonds is 3. The Labute approximate surface area is 128 Å². The number of hydrogen-bond donors (Lipinski definition) is 2. The van der Waals surface area contributed by atoms with Gasteiger partial charge in [0.05, 0.1) is 6.04 Å². The largest absolute Gasteiger partial charge is 0.486 e. The molecule has 1 aromatic carbocycles. The molecule has 1 saturated heterocycles. The van der Waals surface area contributed by atoms with Crippen LogP contribution in [-0.4, -0.2) is 44.3 Å². The van der Waals surface area contributed by atoms with Gasteiger partial charge in [-0.3, -0.25) is 4.79 Å². The lowest BCUT2D eigenvalue weighted by molar-refractivity contribution is -0.117. The lowest BCUT2D eigenvalue weighted by atomic mass is 10.2. The minimum atomic E-state index is -0.246. The molecule has 3 amide bonds. The molecule has 0 spiro atoms. The summed E-state index contributed by atoms with van der Waals surface area (Å²) in [4.78, 5) is 25.4. The van der Waals surface area contributed by atoms with Crippen molar-refractivity contribution in [2.24, 2.45) is 0 Å². The first kappa shape index (κ1) is 14.5. The first-order valence-corrected chi connectivity index (χ1v) is 7.41. The molecule has 1 fully saturated rings. The molecule has 1 atom stereocenters. The van der Waals surface area contributed by atoms with Crippen LogP contribution in [0.2, 0.25) is 0 Å². The third-order valence-corrected chi connectivity index (χ3v) is 3.64. The molecule has 2 aliphatic heterocycles. The van der Waals surface area contributed by atoms with Crippen LogP contribution in [0.25, 0.3) is 0 Å². The number of fused-ring (bicyclic) bond motifs is 1. The van der Waals surface area contributed by atoms with E-state index in [1.165, 1.54) is 0 Å². The van der Waals surface area contributed by atoms with Crippen LogP contribution < -0.4 is 25.0 Å². The Morgan fingerprint density at radius 1 is 1.32 bits per heavy atom. The first-order chi connectivity index (χ1) is 10.7. The maximum atomic E-state index is 12.2. The van der Waals surface area contributed by atoms with Crippen molar-refractivity contribution in [3.8, 4) is 11.5 Å². The van der Waals surface area contributed by atoms with E-state index < -0.39 is 0 Å². The van der Waals surface area contributed by atoms with E-state index in [2.05, 4.69) is 10.6 Å². The molecule has 0 unspecified atom stereocenters. The van der Waals surface area contributed by atoms with Crippen molar-refractivity contribution in [2.45, 2.75) is 19.4 Å². The summed E-state index contributed by atoms with van der Waals surface area (Å²) < 4.78 is 11.0. The number of ether oxygens (including phenoxy) is 2. The molecular weight excluding hydrogens is 286 g/mol. The fourth-order valence-electron chi connectivity index (χ4n) is 2.65. The molecule has 2 N–H and O–H groups in total. The molecule has 0 aliphatic carbocycles. The quantitative estimate of drug-likeness (QED) is 0.869. The van der Waals surface area contributed by atoms with Crippen LogP contribution in [0, 0.1) is 0 Å². The highest BCUT2D eigenvalue weighted by Crippen LogP contribution is 2.35. The fraction of sp³-hybridized carbons (Fsp3) is 0.467. The van der Waals surface area contributed by atoms with Crippen molar-refractivity contribution in [3.63, 3.8) is 0 Å². The van der Waals surface area contributed by atoms with E-state index >= 15 is 0 Å². The minimum Gasteiger partial charge on any atom is -0.486 e. The molecule has 0 aromatic heterocycles. The SMILES string of the molecule is CCNC(=O)N[C@H]1CC(=O)N(c2ccc3c(c2)OCCO3)C1. The molecule has 3 rings (SSSR count). The lowest BCUT2D eigenvalue weighted by Gasteiger charge is -2.22. The fourth-order valence-corrected chi connectivity index (χ4v) is 2.65. The van der Waals surface area contributed by atoms with Crippen LogP contribution >= 0.6 is 0 Å². The molecule has 7 nitrogen and oxygen atoms in total. The highest BCUT2D eigenvalue weighted by molar-refractivity contribution is 5.97. The van der Waals surface area contributed by atoms with Crippen molar-refractivity contribution >= 4 is 17.6 Å². The van der Waals surface area contributed by atoms with E-state index in [0.717, 1.165) is 5.69 Å². The van der Waals surface area contributed by atoms with Crippen molar-refractivity contribution in [2.75, 3.05) is 31.2 Å². The normalized spacial score (nSPS) is 20.0. The maximum absolute atomic E-state index is 12.2. The van der Waals surface area contributed by atoms with Crippen LogP contribution in [0.15, 0.2) is 18.2 Å². The van der Waals surface area contributed by atoms with Gasteiger partial charge < -0.3 is 25.0 Å². The Bertz CT molecular complexity index is 590. The second-order valence-electron chi connectivity index (χ2n) is 5.24. The molecule has 2 heterocycles. The molecule has 0 bridgehead atoms. The smallest absolute Gasteiger partial charge is 0.315 e.